The maximum Gasteiger partial charge on any atom is 0.262 e. The summed E-state index contributed by atoms with van der Waals surface area (Å²) in [7, 11) is -2.03. The third-order valence-corrected chi connectivity index (χ3v) is 8.08. The Bertz CT molecular complexity index is 1050. The van der Waals surface area contributed by atoms with Crippen LogP contribution < -0.4 is 9.64 Å². The largest absolute Gasteiger partial charge is 0.495 e. The van der Waals surface area contributed by atoms with E-state index in [1.54, 1.807) is 17.9 Å². The predicted molar refractivity (Wildman–Crippen MR) is 121 cm³/mol. The number of hydrogen-bond donors (Lipinski definition) is 0. The van der Waals surface area contributed by atoms with Crippen molar-refractivity contribution in [1.82, 2.24) is 18.8 Å². The molecule has 1 atom stereocenters. The molecule has 32 heavy (non-hydrogen) atoms. The lowest BCUT2D eigenvalue weighted by atomic mass is 9.97. The molecule has 1 aromatic heterocycles. The topological polar surface area (TPSA) is 88.0 Å². The zero-order chi connectivity index (χ0) is 22.7. The van der Waals surface area contributed by atoms with Crippen LogP contribution in [0.5, 0.6) is 5.75 Å². The lowest BCUT2D eigenvalue weighted by Crippen LogP contribution is -2.53. The Kier molecular flexibility index (Phi) is 6.71. The SMILES string of the molecule is CCn1cnc(S(=O)(=O)N2CCCC(C(=O)N3CCN(c4ccccc4OC)CC3)C2)c1. The molecule has 9 nitrogen and oxygen atoms in total. The Morgan fingerprint density at radius 2 is 1.91 bits per heavy atom. The van der Waals surface area contributed by atoms with Gasteiger partial charge in [0, 0.05) is 52.0 Å². The van der Waals surface area contributed by atoms with Crippen LogP contribution in [-0.2, 0) is 21.4 Å². The van der Waals surface area contributed by atoms with Crippen LogP contribution in [0.1, 0.15) is 19.8 Å². The molecule has 1 unspecified atom stereocenters. The van der Waals surface area contributed by atoms with Gasteiger partial charge in [-0.1, -0.05) is 12.1 Å². The van der Waals surface area contributed by atoms with Crippen LogP contribution in [0, 0.1) is 5.92 Å². The second kappa shape index (κ2) is 9.50. The molecule has 4 rings (SSSR count). The number of nitrogens with zero attached hydrogens (tertiary/aromatic N) is 5. The molecule has 0 saturated carbocycles. The quantitative estimate of drug-likeness (QED) is 0.650. The highest BCUT2D eigenvalue weighted by atomic mass is 32.2. The number of amides is 1. The van der Waals surface area contributed by atoms with Crippen LogP contribution in [0.2, 0.25) is 0 Å². The van der Waals surface area contributed by atoms with E-state index in [-0.39, 0.29) is 23.4 Å². The molecule has 174 valence electrons. The molecule has 2 aliphatic heterocycles. The third-order valence-electron chi connectivity index (χ3n) is 6.33. The summed E-state index contributed by atoms with van der Waals surface area (Å²) >= 11 is 0. The molecule has 10 heteroatoms. The predicted octanol–water partition coefficient (Wildman–Crippen LogP) is 1.66. The van der Waals surface area contributed by atoms with Crippen molar-refractivity contribution in [2.75, 3.05) is 51.3 Å². The zero-order valence-corrected chi connectivity index (χ0v) is 19.5. The summed E-state index contributed by atoms with van der Waals surface area (Å²) in [6.07, 6.45) is 4.46. The molecule has 0 bridgehead atoms. The highest BCUT2D eigenvalue weighted by molar-refractivity contribution is 7.89. The smallest absolute Gasteiger partial charge is 0.262 e. The number of hydrogen-bond acceptors (Lipinski definition) is 6. The molecule has 0 N–H and O–H groups in total. The van der Waals surface area contributed by atoms with Crippen molar-refractivity contribution >= 4 is 21.6 Å². The number of carbonyl (C=O) groups excluding carboxylic acids is 1. The number of aryl methyl sites for hydroxylation is 1. The molecular weight excluding hydrogens is 430 g/mol. The van der Waals surface area contributed by atoms with E-state index in [0.717, 1.165) is 24.5 Å². The number of rotatable bonds is 6. The van der Waals surface area contributed by atoms with Gasteiger partial charge < -0.3 is 19.1 Å². The van der Waals surface area contributed by atoms with Gasteiger partial charge in [-0.15, -0.1) is 0 Å². The number of sulfonamides is 1. The van der Waals surface area contributed by atoms with Crippen molar-refractivity contribution in [2.24, 2.45) is 5.92 Å². The first-order valence-electron chi connectivity index (χ1n) is 11.1. The highest BCUT2D eigenvalue weighted by Gasteiger charge is 2.36. The molecule has 0 spiro atoms. The van der Waals surface area contributed by atoms with Crippen LogP contribution in [0.4, 0.5) is 5.69 Å². The molecule has 1 aromatic carbocycles. The van der Waals surface area contributed by atoms with E-state index in [1.807, 2.05) is 36.1 Å². The van der Waals surface area contributed by atoms with Crippen LogP contribution in [0.3, 0.4) is 0 Å². The lowest BCUT2D eigenvalue weighted by molar-refractivity contribution is -0.137. The first-order valence-corrected chi connectivity index (χ1v) is 12.6. The Morgan fingerprint density at radius 3 is 2.59 bits per heavy atom. The number of carbonyl (C=O) groups is 1. The van der Waals surface area contributed by atoms with Gasteiger partial charge in [0.25, 0.3) is 10.0 Å². The number of piperazine rings is 1. The average Bonchev–Trinajstić information content (AvgIpc) is 3.34. The van der Waals surface area contributed by atoms with Gasteiger partial charge in [-0.05, 0) is 31.9 Å². The van der Waals surface area contributed by atoms with E-state index in [0.29, 0.717) is 39.0 Å². The van der Waals surface area contributed by atoms with E-state index < -0.39 is 10.0 Å². The van der Waals surface area contributed by atoms with Gasteiger partial charge >= 0.3 is 0 Å². The van der Waals surface area contributed by atoms with Crippen molar-refractivity contribution in [2.45, 2.75) is 31.3 Å². The number of ether oxygens (including phenoxy) is 1. The number of piperidine rings is 1. The van der Waals surface area contributed by atoms with Gasteiger partial charge in [-0.3, -0.25) is 4.79 Å². The molecular formula is C22H31N5O4S. The summed E-state index contributed by atoms with van der Waals surface area (Å²) in [5.74, 6) is 0.555. The average molecular weight is 462 g/mol. The minimum Gasteiger partial charge on any atom is -0.495 e. The van der Waals surface area contributed by atoms with Crippen LogP contribution >= 0.6 is 0 Å². The Morgan fingerprint density at radius 1 is 1.16 bits per heavy atom. The molecule has 2 aliphatic rings. The fourth-order valence-electron chi connectivity index (χ4n) is 4.46. The second-order valence-electron chi connectivity index (χ2n) is 8.23. The van der Waals surface area contributed by atoms with E-state index >= 15 is 0 Å². The molecule has 3 heterocycles. The van der Waals surface area contributed by atoms with Crippen molar-refractivity contribution in [3.05, 3.63) is 36.8 Å². The monoisotopic (exact) mass is 461 g/mol. The van der Waals surface area contributed by atoms with Crippen molar-refractivity contribution in [3.8, 4) is 5.75 Å². The first-order chi connectivity index (χ1) is 15.4. The Balaban J connectivity index is 1.38. The molecule has 0 aliphatic carbocycles. The Hall–Kier alpha value is -2.59. The van der Waals surface area contributed by atoms with Gasteiger partial charge in [0.2, 0.25) is 5.91 Å². The number of methoxy groups -OCH3 is 1. The van der Waals surface area contributed by atoms with Crippen LogP contribution in [-0.4, -0.2) is 79.5 Å². The number of imidazole rings is 1. The summed E-state index contributed by atoms with van der Waals surface area (Å²) in [4.78, 5) is 21.4. The minimum absolute atomic E-state index is 0.0451. The van der Waals surface area contributed by atoms with E-state index in [9.17, 15) is 13.2 Å². The summed E-state index contributed by atoms with van der Waals surface area (Å²) in [6, 6.07) is 7.89. The molecule has 0 radical (unpaired) electrons. The van der Waals surface area contributed by atoms with Crippen LogP contribution in [0.15, 0.2) is 41.8 Å². The van der Waals surface area contributed by atoms with Crippen molar-refractivity contribution < 1.29 is 17.9 Å². The zero-order valence-electron chi connectivity index (χ0n) is 18.7. The Labute approximate surface area is 189 Å². The van der Waals surface area contributed by atoms with Crippen molar-refractivity contribution in [1.29, 1.82) is 0 Å². The first kappa shape index (κ1) is 22.6. The summed E-state index contributed by atoms with van der Waals surface area (Å²) in [5.41, 5.74) is 1.03. The summed E-state index contributed by atoms with van der Waals surface area (Å²) < 4.78 is 34.7. The van der Waals surface area contributed by atoms with Gasteiger partial charge in [0.15, 0.2) is 5.03 Å². The highest BCUT2D eigenvalue weighted by Crippen LogP contribution is 2.29. The van der Waals surface area contributed by atoms with Crippen LogP contribution in [0.25, 0.3) is 0 Å². The van der Waals surface area contributed by atoms with E-state index in [4.69, 9.17) is 4.74 Å². The minimum atomic E-state index is -3.69. The molecule has 2 saturated heterocycles. The standard InChI is InChI=1S/C22H31N5O4S/c1-3-24-16-21(23-17-24)32(29,30)27-10-6-7-18(15-27)22(28)26-13-11-25(12-14-26)19-8-4-5-9-20(19)31-2/h4-5,8-9,16-18H,3,6-7,10-15H2,1-2H3. The van der Waals surface area contributed by atoms with Gasteiger partial charge in [-0.25, -0.2) is 13.4 Å². The summed E-state index contributed by atoms with van der Waals surface area (Å²) in [6.45, 7) is 5.89. The third kappa shape index (κ3) is 4.47. The molecule has 2 fully saturated rings. The molecule has 1 amide bonds. The number of benzene rings is 1. The van der Waals surface area contributed by atoms with Gasteiger partial charge in [0.1, 0.15) is 5.75 Å². The molecule has 2 aromatic rings. The van der Waals surface area contributed by atoms with E-state index in [1.165, 1.54) is 10.6 Å². The maximum absolute atomic E-state index is 13.2. The number of anilines is 1. The van der Waals surface area contributed by atoms with E-state index in [2.05, 4.69) is 9.88 Å². The van der Waals surface area contributed by atoms with Gasteiger partial charge in [0.05, 0.1) is 25.0 Å². The normalized spacial score (nSPS) is 20.4. The lowest BCUT2D eigenvalue weighted by Gasteiger charge is -2.39. The van der Waals surface area contributed by atoms with Gasteiger partial charge in [-0.2, -0.15) is 4.31 Å². The fraction of sp³-hybridized carbons (Fsp3) is 0.545. The summed E-state index contributed by atoms with van der Waals surface area (Å²) in [5, 5.41) is 0.0536. The number of aromatic nitrogens is 2. The second-order valence-corrected chi connectivity index (χ2v) is 10.1. The maximum atomic E-state index is 13.2. The van der Waals surface area contributed by atoms with Crippen molar-refractivity contribution in [3.63, 3.8) is 0 Å². The number of para-hydroxylation sites is 2. The fourth-order valence-corrected chi connectivity index (χ4v) is 5.92.